The molecule has 0 aliphatic heterocycles. The maximum Gasteiger partial charge on any atom is 0.123 e. The molecule has 0 fully saturated rings. The van der Waals surface area contributed by atoms with Crippen molar-refractivity contribution in [1.82, 2.24) is 0 Å². The molecule has 1 nitrogen and oxygen atoms in total. The lowest BCUT2D eigenvalue weighted by atomic mass is 10.0. The quantitative estimate of drug-likeness (QED) is 0.553. The minimum atomic E-state index is 0.362. The largest absolute Gasteiger partial charge is 0.507 e. The summed E-state index contributed by atoms with van der Waals surface area (Å²) in [6, 6.07) is 16.3. The Balaban J connectivity index is 2.51. The van der Waals surface area contributed by atoms with Gasteiger partial charge in [0, 0.05) is 5.39 Å². The monoisotopic (exact) mass is 208 g/mol. The standard InChI is InChI=1S/C15H12O/c1-10-6-13-8-11-4-2-3-5-12(11)9-14(13)15(16)7-10/h2-9,16H,1H3. The lowest BCUT2D eigenvalue weighted by Gasteiger charge is -2.05. The fraction of sp³-hybridized carbons (Fsp3) is 0.0667. The summed E-state index contributed by atoms with van der Waals surface area (Å²) in [6.07, 6.45) is 0. The highest BCUT2D eigenvalue weighted by molar-refractivity contribution is 6.00. The number of aryl methyl sites for hydroxylation is 1. The number of phenols is 1. The summed E-state index contributed by atoms with van der Waals surface area (Å²) in [6.45, 7) is 1.99. The Hall–Kier alpha value is -2.02. The Kier molecular flexibility index (Phi) is 1.87. The third kappa shape index (κ3) is 1.33. The molecule has 0 saturated heterocycles. The SMILES string of the molecule is Cc1cc(O)c2cc3ccccc3cc2c1. The molecule has 78 valence electrons. The van der Waals surface area contributed by atoms with Gasteiger partial charge in [-0.25, -0.2) is 0 Å². The topological polar surface area (TPSA) is 20.2 Å². The first-order valence-electron chi connectivity index (χ1n) is 5.36. The summed E-state index contributed by atoms with van der Waals surface area (Å²) in [5.41, 5.74) is 1.08. The highest BCUT2D eigenvalue weighted by atomic mass is 16.3. The van der Waals surface area contributed by atoms with Crippen molar-refractivity contribution in [3.63, 3.8) is 0 Å². The number of rotatable bonds is 0. The van der Waals surface area contributed by atoms with Gasteiger partial charge in [-0.05, 0) is 46.8 Å². The van der Waals surface area contributed by atoms with Crippen LogP contribution in [-0.4, -0.2) is 5.11 Å². The number of phenolic OH excluding ortho intramolecular Hbond substituents is 1. The van der Waals surface area contributed by atoms with Gasteiger partial charge in [0.25, 0.3) is 0 Å². The lowest BCUT2D eigenvalue weighted by Crippen LogP contribution is -1.79. The summed E-state index contributed by atoms with van der Waals surface area (Å²) < 4.78 is 0. The van der Waals surface area contributed by atoms with Gasteiger partial charge in [0.15, 0.2) is 0 Å². The molecule has 0 spiro atoms. The van der Waals surface area contributed by atoms with Crippen molar-refractivity contribution in [3.8, 4) is 5.75 Å². The molecule has 3 aromatic carbocycles. The first kappa shape index (κ1) is 9.22. The van der Waals surface area contributed by atoms with Crippen LogP contribution in [0.2, 0.25) is 0 Å². The Morgan fingerprint density at radius 1 is 0.812 bits per heavy atom. The van der Waals surface area contributed by atoms with Gasteiger partial charge in [-0.2, -0.15) is 0 Å². The smallest absolute Gasteiger partial charge is 0.123 e. The van der Waals surface area contributed by atoms with E-state index in [1.54, 1.807) is 6.07 Å². The molecule has 0 aromatic heterocycles. The highest BCUT2D eigenvalue weighted by Crippen LogP contribution is 2.30. The fourth-order valence-electron chi connectivity index (χ4n) is 2.18. The molecule has 0 bridgehead atoms. The number of aromatic hydroxyl groups is 1. The molecule has 3 aromatic rings. The van der Waals surface area contributed by atoms with Crippen molar-refractivity contribution in [2.24, 2.45) is 0 Å². The van der Waals surface area contributed by atoms with E-state index in [2.05, 4.69) is 24.3 Å². The van der Waals surface area contributed by atoms with Crippen LogP contribution in [0.1, 0.15) is 5.56 Å². The molecule has 0 atom stereocenters. The van der Waals surface area contributed by atoms with Gasteiger partial charge in [0.05, 0.1) is 0 Å². The van der Waals surface area contributed by atoms with Gasteiger partial charge in [0.2, 0.25) is 0 Å². The summed E-state index contributed by atoms with van der Waals surface area (Å²) >= 11 is 0. The minimum Gasteiger partial charge on any atom is -0.507 e. The van der Waals surface area contributed by atoms with E-state index in [1.807, 2.05) is 25.1 Å². The van der Waals surface area contributed by atoms with Gasteiger partial charge in [-0.3, -0.25) is 0 Å². The zero-order valence-corrected chi connectivity index (χ0v) is 9.07. The van der Waals surface area contributed by atoms with Crippen molar-refractivity contribution in [1.29, 1.82) is 0 Å². The summed E-state index contributed by atoms with van der Waals surface area (Å²) in [5, 5.41) is 14.3. The van der Waals surface area contributed by atoms with E-state index in [0.29, 0.717) is 5.75 Å². The van der Waals surface area contributed by atoms with Gasteiger partial charge in [0.1, 0.15) is 5.75 Å². The van der Waals surface area contributed by atoms with E-state index in [4.69, 9.17) is 0 Å². The molecule has 0 radical (unpaired) electrons. The molecule has 1 N–H and O–H groups in total. The van der Waals surface area contributed by atoms with Gasteiger partial charge in [-0.15, -0.1) is 0 Å². The van der Waals surface area contributed by atoms with Crippen LogP contribution in [0.15, 0.2) is 48.5 Å². The predicted octanol–water partition coefficient (Wildman–Crippen LogP) is 4.01. The Bertz CT molecular complexity index is 683. The normalized spacial score (nSPS) is 11.1. The van der Waals surface area contributed by atoms with Crippen LogP contribution in [0.5, 0.6) is 5.75 Å². The van der Waals surface area contributed by atoms with E-state index in [-0.39, 0.29) is 0 Å². The van der Waals surface area contributed by atoms with Crippen molar-refractivity contribution in [2.75, 3.05) is 0 Å². The van der Waals surface area contributed by atoms with E-state index < -0.39 is 0 Å². The molecule has 0 unspecified atom stereocenters. The Labute approximate surface area is 94.0 Å². The van der Waals surface area contributed by atoms with Crippen molar-refractivity contribution in [2.45, 2.75) is 6.92 Å². The zero-order valence-electron chi connectivity index (χ0n) is 9.07. The van der Waals surface area contributed by atoms with Crippen LogP contribution in [0.25, 0.3) is 21.5 Å². The molecule has 16 heavy (non-hydrogen) atoms. The predicted molar refractivity (Wildman–Crippen MR) is 67.9 cm³/mol. The van der Waals surface area contributed by atoms with Crippen LogP contribution < -0.4 is 0 Å². The molecule has 0 aliphatic rings. The second-order valence-electron chi connectivity index (χ2n) is 4.20. The average molecular weight is 208 g/mol. The highest BCUT2D eigenvalue weighted by Gasteiger charge is 2.02. The molecule has 0 saturated carbocycles. The first-order chi connectivity index (χ1) is 7.74. The third-order valence-electron chi connectivity index (χ3n) is 2.94. The van der Waals surface area contributed by atoms with Crippen LogP contribution in [0.3, 0.4) is 0 Å². The fourth-order valence-corrected chi connectivity index (χ4v) is 2.18. The van der Waals surface area contributed by atoms with E-state index in [9.17, 15) is 5.11 Å². The van der Waals surface area contributed by atoms with Crippen molar-refractivity contribution >= 4 is 21.5 Å². The van der Waals surface area contributed by atoms with Crippen LogP contribution in [0, 0.1) is 6.92 Å². The minimum absolute atomic E-state index is 0.362. The van der Waals surface area contributed by atoms with E-state index >= 15 is 0 Å². The van der Waals surface area contributed by atoms with Crippen LogP contribution >= 0.6 is 0 Å². The molecule has 1 heteroatoms. The molecule has 0 heterocycles. The zero-order chi connectivity index (χ0) is 11.1. The van der Waals surface area contributed by atoms with E-state index in [0.717, 1.165) is 21.7 Å². The van der Waals surface area contributed by atoms with Crippen LogP contribution in [0.4, 0.5) is 0 Å². The van der Waals surface area contributed by atoms with E-state index in [1.165, 1.54) is 5.39 Å². The second-order valence-corrected chi connectivity index (χ2v) is 4.20. The summed E-state index contributed by atoms with van der Waals surface area (Å²) in [5.74, 6) is 0.362. The maximum atomic E-state index is 9.91. The molecule has 0 amide bonds. The molecular formula is C15H12O. The number of hydrogen-bond donors (Lipinski definition) is 1. The van der Waals surface area contributed by atoms with Gasteiger partial charge < -0.3 is 5.11 Å². The first-order valence-corrected chi connectivity index (χ1v) is 5.36. The van der Waals surface area contributed by atoms with Gasteiger partial charge in [-0.1, -0.05) is 30.3 Å². The van der Waals surface area contributed by atoms with Crippen molar-refractivity contribution in [3.05, 3.63) is 54.1 Å². The second kappa shape index (κ2) is 3.24. The van der Waals surface area contributed by atoms with Crippen LogP contribution in [-0.2, 0) is 0 Å². The number of fused-ring (bicyclic) bond motifs is 2. The molecular weight excluding hydrogens is 196 g/mol. The number of hydrogen-bond acceptors (Lipinski definition) is 1. The average Bonchev–Trinajstić information content (AvgIpc) is 2.27. The summed E-state index contributed by atoms with van der Waals surface area (Å²) in [4.78, 5) is 0. The van der Waals surface area contributed by atoms with Crippen molar-refractivity contribution < 1.29 is 5.11 Å². The number of benzene rings is 3. The molecule has 0 aliphatic carbocycles. The summed E-state index contributed by atoms with van der Waals surface area (Å²) in [7, 11) is 0. The Morgan fingerprint density at radius 3 is 2.25 bits per heavy atom. The molecule has 3 rings (SSSR count). The third-order valence-corrected chi connectivity index (χ3v) is 2.94. The maximum absolute atomic E-state index is 9.91. The Morgan fingerprint density at radius 2 is 1.50 bits per heavy atom. The van der Waals surface area contributed by atoms with Gasteiger partial charge >= 0.3 is 0 Å². The lowest BCUT2D eigenvalue weighted by molar-refractivity contribution is 0.481.